The topological polar surface area (TPSA) is 142 Å². The monoisotopic (exact) mass is 451 g/mol. The molecule has 5 atom stereocenters. The Hall–Kier alpha value is -2.51. The maximum atomic E-state index is 13.6. The number of hydrogen-bond donors (Lipinski definition) is 2. The number of carboxylic acid groups (broad SMARTS) is 1. The third-order valence-electron chi connectivity index (χ3n) is 6.49. The highest BCUT2D eigenvalue weighted by Gasteiger charge is 2.72. The van der Waals surface area contributed by atoms with Crippen LogP contribution in [0, 0.1) is 28.5 Å². The highest BCUT2D eigenvalue weighted by Crippen LogP contribution is 2.60. The van der Waals surface area contributed by atoms with Crippen LogP contribution < -0.4 is 5.73 Å². The zero-order chi connectivity index (χ0) is 23.4. The highest BCUT2D eigenvalue weighted by atomic mass is 32.2. The smallest absolute Gasteiger partial charge is 0.324 e. The molecule has 10 heteroatoms. The Morgan fingerprint density at radius 2 is 1.90 bits per heavy atom. The molecular formula is C21H26FN3O5S. The number of likely N-dealkylation sites (tertiary alicyclic amines) is 1. The van der Waals surface area contributed by atoms with Gasteiger partial charge < -0.3 is 10.8 Å². The lowest BCUT2D eigenvalue weighted by Gasteiger charge is -2.40. The molecule has 0 radical (unpaired) electrons. The number of nitriles is 1. The number of amides is 1. The van der Waals surface area contributed by atoms with Crippen LogP contribution in [0.15, 0.2) is 24.3 Å². The number of rotatable bonds is 7. The van der Waals surface area contributed by atoms with Gasteiger partial charge in [-0.3, -0.25) is 14.5 Å². The number of hydrogen-bond acceptors (Lipinski definition) is 6. The summed E-state index contributed by atoms with van der Waals surface area (Å²) in [5.74, 6) is -2.73. The maximum absolute atomic E-state index is 13.6. The van der Waals surface area contributed by atoms with Gasteiger partial charge in [-0.2, -0.15) is 5.26 Å². The quantitative estimate of drug-likeness (QED) is 0.641. The van der Waals surface area contributed by atoms with E-state index < -0.39 is 55.8 Å². The molecule has 0 spiro atoms. The first-order chi connectivity index (χ1) is 14.3. The van der Waals surface area contributed by atoms with Gasteiger partial charge in [-0.25, -0.2) is 12.8 Å². The van der Waals surface area contributed by atoms with Crippen LogP contribution in [0.5, 0.6) is 0 Å². The van der Waals surface area contributed by atoms with Crippen LogP contribution in [-0.2, 0) is 19.4 Å². The second-order valence-corrected chi connectivity index (χ2v) is 11.3. The summed E-state index contributed by atoms with van der Waals surface area (Å²) >= 11 is 0. The maximum Gasteiger partial charge on any atom is 0.324 e. The van der Waals surface area contributed by atoms with Gasteiger partial charge in [0.2, 0.25) is 5.91 Å². The SMILES string of the molecule is CC(C)C[C@]1(C(=O)O)C[C@H](S(C)(=O)=O)[C@@H](c2ccc(F)cc2)N1C1CC1(C#N)C(N)=O. The van der Waals surface area contributed by atoms with Gasteiger partial charge >= 0.3 is 5.97 Å². The van der Waals surface area contributed by atoms with E-state index in [1.165, 1.54) is 29.2 Å². The summed E-state index contributed by atoms with van der Waals surface area (Å²) in [7, 11) is -3.75. The van der Waals surface area contributed by atoms with Crippen molar-refractivity contribution >= 4 is 21.7 Å². The van der Waals surface area contributed by atoms with Crippen molar-refractivity contribution in [2.45, 2.75) is 56.0 Å². The van der Waals surface area contributed by atoms with Crippen molar-refractivity contribution in [1.29, 1.82) is 5.26 Å². The Labute approximate surface area is 180 Å². The highest BCUT2D eigenvalue weighted by molar-refractivity contribution is 7.91. The Balaban J connectivity index is 2.27. The van der Waals surface area contributed by atoms with E-state index in [2.05, 4.69) is 0 Å². The van der Waals surface area contributed by atoms with Crippen LogP contribution in [-0.4, -0.2) is 53.4 Å². The number of aliphatic carboxylic acids is 1. The normalized spacial score (nSPS) is 33.2. The number of sulfone groups is 1. The fourth-order valence-electron chi connectivity index (χ4n) is 5.08. The second kappa shape index (κ2) is 7.57. The average Bonchev–Trinajstić information content (AvgIpc) is 3.29. The van der Waals surface area contributed by atoms with Gasteiger partial charge in [-0.05, 0) is 42.9 Å². The number of halogens is 1. The molecule has 31 heavy (non-hydrogen) atoms. The van der Waals surface area contributed by atoms with Crippen molar-refractivity contribution in [1.82, 2.24) is 4.90 Å². The minimum absolute atomic E-state index is 0.0140. The van der Waals surface area contributed by atoms with Crippen LogP contribution in [0.1, 0.15) is 44.7 Å². The molecule has 168 valence electrons. The largest absolute Gasteiger partial charge is 0.480 e. The number of benzene rings is 1. The van der Waals surface area contributed by atoms with Gasteiger partial charge in [-0.15, -0.1) is 0 Å². The summed E-state index contributed by atoms with van der Waals surface area (Å²) in [6.07, 6.45) is 0.958. The van der Waals surface area contributed by atoms with E-state index in [0.29, 0.717) is 5.56 Å². The molecule has 2 fully saturated rings. The summed E-state index contributed by atoms with van der Waals surface area (Å²) in [5, 5.41) is 18.9. The number of primary amides is 1. The van der Waals surface area contributed by atoms with Crippen LogP contribution in [0.25, 0.3) is 0 Å². The number of carbonyl (C=O) groups excluding carboxylic acids is 1. The molecule has 1 aliphatic heterocycles. The molecule has 3 N–H and O–H groups in total. The fraction of sp³-hybridized carbons (Fsp3) is 0.571. The summed E-state index contributed by atoms with van der Waals surface area (Å²) in [6.45, 7) is 3.64. The molecule has 1 heterocycles. The van der Waals surface area contributed by atoms with Gasteiger partial charge in [0.05, 0.1) is 17.4 Å². The Morgan fingerprint density at radius 3 is 2.29 bits per heavy atom. The third kappa shape index (κ3) is 3.70. The third-order valence-corrected chi connectivity index (χ3v) is 8.01. The zero-order valence-electron chi connectivity index (χ0n) is 17.6. The number of nitrogens with two attached hydrogens (primary N) is 1. The van der Waals surface area contributed by atoms with E-state index >= 15 is 0 Å². The van der Waals surface area contributed by atoms with Crippen molar-refractivity contribution < 1.29 is 27.5 Å². The van der Waals surface area contributed by atoms with E-state index in [9.17, 15) is 32.8 Å². The second-order valence-electron chi connectivity index (χ2n) is 9.08. The molecule has 8 nitrogen and oxygen atoms in total. The van der Waals surface area contributed by atoms with Crippen LogP contribution >= 0.6 is 0 Å². The van der Waals surface area contributed by atoms with Crippen LogP contribution in [0.2, 0.25) is 0 Å². The first-order valence-electron chi connectivity index (χ1n) is 9.97. The molecule has 1 aliphatic carbocycles. The van der Waals surface area contributed by atoms with Gasteiger partial charge in [0.1, 0.15) is 11.4 Å². The summed E-state index contributed by atoms with van der Waals surface area (Å²) in [4.78, 5) is 26.3. The molecule has 1 saturated heterocycles. The zero-order valence-corrected chi connectivity index (χ0v) is 18.4. The number of carboxylic acids is 1. The first kappa shape index (κ1) is 23.2. The molecular weight excluding hydrogens is 425 g/mol. The predicted octanol–water partition coefficient (Wildman–Crippen LogP) is 1.62. The van der Waals surface area contributed by atoms with Crippen LogP contribution in [0.3, 0.4) is 0 Å². The van der Waals surface area contributed by atoms with Crippen molar-refractivity contribution in [3.05, 3.63) is 35.6 Å². The molecule has 1 saturated carbocycles. The van der Waals surface area contributed by atoms with Crippen molar-refractivity contribution in [3.8, 4) is 6.07 Å². The van der Waals surface area contributed by atoms with Gasteiger partial charge in [-0.1, -0.05) is 26.0 Å². The van der Waals surface area contributed by atoms with Crippen molar-refractivity contribution in [2.24, 2.45) is 17.1 Å². The van der Waals surface area contributed by atoms with Gasteiger partial charge in [0, 0.05) is 12.3 Å². The Morgan fingerprint density at radius 1 is 1.32 bits per heavy atom. The van der Waals surface area contributed by atoms with E-state index in [0.717, 1.165) is 6.26 Å². The van der Waals surface area contributed by atoms with E-state index in [4.69, 9.17) is 5.73 Å². The van der Waals surface area contributed by atoms with E-state index in [-0.39, 0.29) is 25.2 Å². The number of carbonyl (C=O) groups is 2. The lowest BCUT2D eigenvalue weighted by atomic mass is 9.85. The average molecular weight is 452 g/mol. The van der Waals surface area contributed by atoms with E-state index in [1.54, 1.807) is 0 Å². The van der Waals surface area contributed by atoms with Gasteiger partial charge in [0.15, 0.2) is 15.3 Å². The predicted molar refractivity (Wildman–Crippen MR) is 110 cm³/mol. The molecule has 3 rings (SSSR count). The lowest BCUT2D eigenvalue weighted by Crippen LogP contribution is -2.54. The Bertz CT molecular complexity index is 1050. The van der Waals surface area contributed by atoms with Gasteiger partial charge in [0.25, 0.3) is 0 Å². The summed E-state index contributed by atoms with van der Waals surface area (Å²) in [5.41, 5.74) is 2.68. The molecule has 2 aliphatic rings. The number of nitrogens with zero attached hydrogens (tertiary/aromatic N) is 2. The molecule has 1 aromatic carbocycles. The minimum atomic E-state index is -3.75. The summed E-state index contributed by atoms with van der Waals surface area (Å²) in [6, 6.07) is 5.28. The van der Waals surface area contributed by atoms with Crippen molar-refractivity contribution in [3.63, 3.8) is 0 Å². The van der Waals surface area contributed by atoms with Crippen molar-refractivity contribution in [2.75, 3.05) is 6.26 Å². The molecule has 2 unspecified atom stereocenters. The fourth-order valence-corrected chi connectivity index (χ4v) is 6.41. The summed E-state index contributed by atoms with van der Waals surface area (Å²) < 4.78 is 39.1. The first-order valence-corrected chi connectivity index (χ1v) is 11.9. The molecule has 1 amide bonds. The molecule has 0 bridgehead atoms. The van der Waals surface area contributed by atoms with Crippen LogP contribution in [0.4, 0.5) is 4.39 Å². The van der Waals surface area contributed by atoms with E-state index in [1.807, 2.05) is 19.9 Å². The lowest BCUT2D eigenvalue weighted by molar-refractivity contribution is -0.153. The Kier molecular flexibility index (Phi) is 5.65. The minimum Gasteiger partial charge on any atom is -0.480 e. The molecule has 0 aromatic heterocycles. The molecule has 1 aromatic rings. The standard InChI is InChI=1S/C21H26FN3O5S/c1-12(2)8-21(19(27)28)9-15(31(3,29)30)17(13-4-6-14(22)7-5-13)25(21)16-10-20(16,11-23)18(24)26/h4-7,12,15-17H,8-10H2,1-3H3,(H2,24,26)(H,27,28)/t15-,16?,17+,20?,21+/m0/s1.